The Hall–Kier alpha value is -0.786. The third-order valence-corrected chi connectivity index (χ3v) is 5.93. The summed E-state index contributed by atoms with van der Waals surface area (Å²) in [6.45, 7) is 9.32. The van der Waals surface area contributed by atoms with Crippen LogP contribution in [-0.2, 0) is 0 Å². The summed E-state index contributed by atoms with van der Waals surface area (Å²) < 4.78 is 0. The smallest absolute Gasteiger partial charge is 0.129 e. The molecule has 1 aromatic rings. The van der Waals surface area contributed by atoms with Crippen LogP contribution in [0.5, 0.6) is 0 Å². The highest BCUT2D eigenvalue weighted by Crippen LogP contribution is 2.03. The topological polar surface area (TPSA) is 0 Å². The summed E-state index contributed by atoms with van der Waals surface area (Å²) in [5, 5.41) is 1.55. The van der Waals surface area contributed by atoms with Gasteiger partial charge in [0.1, 0.15) is 8.07 Å². The Labute approximate surface area is 109 Å². The van der Waals surface area contributed by atoms with Crippen LogP contribution in [0.3, 0.4) is 0 Å². The molecule has 0 saturated heterocycles. The molecule has 0 fully saturated rings. The summed E-state index contributed by atoms with van der Waals surface area (Å²) in [7, 11) is -1.49. The van der Waals surface area contributed by atoms with Crippen molar-refractivity contribution in [1.82, 2.24) is 0 Å². The predicted octanol–water partition coefficient (Wildman–Crippen LogP) is 3.68. The largest absolute Gasteiger partial charge is 0.132 e. The molecule has 0 unspecified atom stereocenters. The van der Waals surface area contributed by atoms with Crippen LogP contribution < -0.4 is 5.19 Å². The first-order valence-electron chi connectivity index (χ1n) is 6.37. The quantitative estimate of drug-likeness (QED) is 0.440. The molecular formula is C15H23Si2. The van der Waals surface area contributed by atoms with Gasteiger partial charge >= 0.3 is 0 Å². The van der Waals surface area contributed by atoms with Crippen molar-refractivity contribution >= 4 is 22.1 Å². The highest BCUT2D eigenvalue weighted by Gasteiger charge is 2.08. The Morgan fingerprint density at radius 1 is 1.12 bits per heavy atom. The SMILES string of the molecule is C[Si](CCCC#C[Si](C)(C)C)c1ccccc1. The predicted molar refractivity (Wildman–Crippen MR) is 82.9 cm³/mol. The maximum atomic E-state index is 3.44. The first kappa shape index (κ1) is 14.3. The van der Waals surface area contributed by atoms with Crippen LogP contribution in [0.15, 0.2) is 30.3 Å². The van der Waals surface area contributed by atoms with Gasteiger partial charge in [0.05, 0.1) is 8.80 Å². The van der Waals surface area contributed by atoms with Crippen LogP contribution >= 0.6 is 0 Å². The number of benzene rings is 1. The lowest BCUT2D eigenvalue weighted by molar-refractivity contribution is 0.969. The average molecular weight is 260 g/mol. The Kier molecular flexibility index (Phi) is 5.74. The van der Waals surface area contributed by atoms with Gasteiger partial charge in [-0.05, 0) is 6.42 Å². The van der Waals surface area contributed by atoms with Crippen LogP contribution in [-0.4, -0.2) is 16.9 Å². The maximum Gasteiger partial charge on any atom is 0.129 e. The molecule has 0 heterocycles. The molecule has 1 rings (SSSR count). The molecule has 0 bridgehead atoms. The first-order valence-corrected chi connectivity index (χ1v) is 12.1. The van der Waals surface area contributed by atoms with Gasteiger partial charge in [-0.2, -0.15) is 0 Å². The third-order valence-electron chi connectivity index (χ3n) is 2.58. The Balaban J connectivity index is 2.30. The fourth-order valence-corrected chi connectivity index (χ4v) is 4.05. The van der Waals surface area contributed by atoms with E-state index in [1.165, 1.54) is 12.5 Å². The van der Waals surface area contributed by atoms with Gasteiger partial charge in [0, 0.05) is 6.42 Å². The number of rotatable bonds is 4. The lowest BCUT2D eigenvalue weighted by Crippen LogP contribution is -2.25. The van der Waals surface area contributed by atoms with E-state index in [1.54, 1.807) is 5.19 Å². The van der Waals surface area contributed by atoms with E-state index in [-0.39, 0.29) is 8.80 Å². The van der Waals surface area contributed by atoms with Gasteiger partial charge in [0.15, 0.2) is 0 Å². The lowest BCUT2D eigenvalue weighted by atomic mass is 10.3. The van der Waals surface area contributed by atoms with Crippen molar-refractivity contribution in [1.29, 1.82) is 0 Å². The van der Waals surface area contributed by atoms with Crippen LogP contribution in [0.25, 0.3) is 0 Å². The highest BCUT2D eigenvalue weighted by molar-refractivity contribution is 6.83. The molecule has 1 aromatic carbocycles. The zero-order chi connectivity index (χ0) is 12.7. The summed E-state index contributed by atoms with van der Waals surface area (Å²) in [5.74, 6) is 3.36. The Morgan fingerprint density at radius 2 is 1.76 bits per heavy atom. The molecule has 17 heavy (non-hydrogen) atoms. The monoisotopic (exact) mass is 259 g/mol. The van der Waals surface area contributed by atoms with Gasteiger partial charge in [-0.15, -0.1) is 11.5 Å². The van der Waals surface area contributed by atoms with Gasteiger partial charge in [0.2, 0.25) is 0 Å². The molecule has 0 nitrogen and oxygen atoms in total. The minimum absolute atomic E-state index is 0.339. The fraction of sp³-hybridized carbons (Fsp3) is 0.467. The molecule has 0 atom stereocenters. The van der Waals surface area contributed by atoms with Crippen molar-refractivity contribution in [3.8, 4) is 11.5 Å². The fourth-order valence-electron chi connectivity index (χ4n) is 1.64. The van der Waals surface area contributed by atoms with Crippen molar-refractivity contribution in [3.63, 3.8) is 0 Å². The van der Waals surface area contributed by atoms with Gasteiger partial charge in [-0.3, -0.25) is 0 Å². The zero-order valence-electron chi connectivity index (χ0n) is 11.5. The molecule has 0 aromatic heterocycles. The van der Waals surface area contributed by atoms with Crippen LogP contribution in [0.4, 0.5) is 0 Å². The molecular weight excluding hydrogens is 236 g/mol. The minimum Gasteiger partial charge on any atom is -0.132 e. The van der Waals surface area contributed by atoms with Crippen LogP contribution in [0, 0.1) is 11.5 Å². The molecule has 0 aliphatic carbocycles. The number of hydrogen-bond acceptors (Lipinski definition) is 0. The van der Waals surface area contributed by atoms with E-state index in [2.05, 4.69) is 68.0 Å². The van der Waals surface area contributed by atoms with Gasteiger partial charge in [0.25, 0.3) is 0 Å². The van der Waals surface area contributed by atoms with Crippen molar-refractivity contribution in [3.05, 3.63) is 30.3 Å². The second kappa shape index (κ2) is 6.83. The van der Waals surface area contributed by atoms with E-state index < -0.39 is 8.07 Å². The summed E-state index contributed by atoms with van der Waals surface area (Å²) in [6, 6.07) is 12.3. The van der Waals surface area contributed by atoms with Crippen molar-refractivity contribution in [2.45, 2.75) is 45.1 Å². The normalized spacial score (nSPS) is 11.1. The van der Waals surface area contributed by atoms with Crippen molar-refractivity contribution in [2.24, 2.45) is 0 Å². The molecule has 0 saturated carbocycles. The summed E-state index contributed by atoms with van der Waals surface area (Å²) >= 11 is 0. The summed E-state index contributed by atoms with van der Waals surface area (Å²) in [4.78, 5) is 0. The number of unbranched alkanes of at least 4 members (excludes halogenated alkanes) is 1. The average Bonchev–Trinajstić information content (AvgIpc) is 2.28. The molecule has 0 aliphatic rings. The maximum absolute atomic E-state index is 3.44. The van der Waals surface area contributed by atoms with E-state index in [4.69, 9.17) is 0 Å². The third kappa shape index (κ3) is 6.50. The Bertz CT molecular complexity index is 379. The zero-order valence-corrected chi connectivity index (χ0v) is 13.5. The molecule has 2 heteroatoms. The highest BCUT2D eigenvalue weighted by atomic mass is 28.3. The lowest BCUT2D eigenvalue weighted by Gasteiger charge is -2.08. The van der Waals surface area contributed by atoms with E-state index in [0.29, 0.717) is 0 Å². The van der Waals surface area contributed by atoms with Crippen molar-refractivity contribution < 1.29 is 0 Å². The standard InChI is InChI=1S/C15H23Si2/c1-16(15-11-7-5-8-12-15)13-9-6-10-14-17(2,3)4/h5,7-8,11-12H,6,9,13H2,1-4H3. The summed E-state index contributed by atoms with van der Waals surface area (Å²) in [6.07, 6.45) is 2.34. The van der Waals surface area contributed by atoms with Gasteiger partial charge in [-0.25, -0.2) is 0 Å². The van der Waals surface area contributed by atoms with Gasteiger partial charge < -0.3 is 0 Å². The molecule has 0 aliphatic heterocycles. The molecule has 1 radical (unpaired) electrons. The molecule has 0 spiro atoms. The van der Waals surface area contributed by atoms with Crippen LogP contribution in [0.2, 0.25) is 32.2 Å². The van der Waals surface area contributed by atoms with E-state index in [1.807, 2.05) is 0 Å². The summed E-state index contributed by atoms with van der Waals surface area (Å²) in [5.41, 5.74) is 3.44. The number of hydrogen-bond donors (Lipinski definition) is 0. The molecule has 0 N–H and O–H groups in total. The second-order valence-electron chi connectivity index (χ2n) is 5.55. The van der Waals surface area contributed by atoms with Crippen LogP contribution in [0.1, 0.15) is 12.8 Å². The second-order valence-corrected chi connectivity index (χ2v) is 12.9. The first-order chi connectivity index (χ1) is 7.99. The van der Waals surface area contributed by atoms with Crippen molar-refractivity contribution in [2.75, 3.05) is 0 Å². The van der Waals surface area contributed by atoms with E-state index in [9.17, 15) is 0 Å². The van der Waals surface area contributed by atoms with E-state index >= 15 is 0 Å². The molecule has 91 valence electrons. The molecule has 0 amide bonds. The Morgan fingerprint density at radius 3 is 2.35 bits per heavy atom. The minimum atomic E-state index is -1.15. The van der Waals surface area contributed by atoms with Gasteiger partial charge in [-0.1, -0.05) is 67.8 Å². The van der Waals surface area contributed by atoms with E-state index in [0.717, 1.165) is 6.42 Å².